The molecule has 1 heterocycles. The van der Waals surface area contributed by atoms with E-state index in [1.165, 1.54) is 6.20 Å². The van der Waals surface area contributed by atoms with Crippen LogP contribution >= 0.6 is 11.6 Å². The molecule has 0 spiro atoms. The Morgan fingerprint density at radius 3 is 2.63 bits per heavy atom. The van der Waals surface area contributed by atoms with Crippen LogP contribution < -0.4 is 5.43 Å². The number of para-hydroxylation sites is 1. The molecule has 1 amide bonds. The second kappa shape index (κ2) is 7.53. The van der Waals surface area contributed by atoms with Gasteiger partial charge in [-0.15, -0.1) is 0 Å². The molecular formula is C21H20ClN3O2. The lowest BCUT2D eigenvalue weighted by atomic mass is 10.2. The molecule has 3 aromatic rings. The maximum absolute atomic E-state index is 12.9. The van der Waals surface area contributed by atoms with Crippen LogP contribution in [0.25, 0.3) is 10.9 Å². The summed E-state index contributed by atoms with van der Waals surface area (Å²) in [6.07, 6.45) is 3.78. The fourth-order valence-electron chi connectivity index (χ4n) is 3.28. The molecule has 1 fully saturated rings. The lowest BCUT2D eigenvalue weighted by Crippen LogP contribution is -2.33. The number of hydrogen-bond donors (Lipinski definition) is 0. The number of fused-ring (bicyclic) bond motifs is 1. The minimum Gasteiger partial charge on any atom is -0.335 e. The molecule has 0 radical (unpaired) electrons. The van der Waals surface area contributed by atoms with E-state index in [1.54, 1.807) is 10.7 Å². The van der Waals surface area contributed by atoms with E-state index in [0.29, 0.717) is 36.0 Å². The summed E-state index contributed by atoms with van der Waals surface area (Å²) < 4.78 is 1.74. The highest BCUT2D eigenvalue weighted by atomic mass is 35.5. The lowest BCUT2D eigenvalue weighted by molar-refractivity contribution is -0.132. The number of hydrogen-bond acceptors (Lipinski definition) is 3. The molecule has 0 atom stereocenters. The van der Waals surface area contributed by atoms with Crippen molar-refractivity contribution in [3.8, 4) is 0 Å². The predicted molar refractivity (Wildman–Crippen MR) is 106 cm³/mol. The highest BCUT2D eigenvalue weighted by Gasteiger charge is 2.32. The van der Waals surface area contributed by atoms with Crippen molar-refractivity contribution in [2.24, 2.45) is 0 Å². The summed E-state index contributed by atoms with van der Waals surface area (Å²) in [5, 5.41) is 5.53. The van der Waals surface area contributed by atoms with Crippen molar-refractivity contribution in [2.45, 2.75) is 38.4 Å². The van der Waals surface area contributed by atoms with Crippen LogP contribution in [0.15, 0.2) is 59.5 Å². The molecule has 1 saturated carbocycles. The molecule has 1 aliphatic carbocycles. The Labute approximate surface area is 162 Å². The van der Waals surface area contributed by atoms with Crippen LogP contribution in [0.1, 0.15) is 24.8 Å². The molecule has 0 aliphatic heterocycles. The van der Waals surface area contributed by atoms with E-state index in [1.807, 2.05) is 47.4 Å². The average Bonchev–Trinajstić information content (AvgIpc) is 3.52. The van der Waals surface area contributed by atoms with Gasteiger partial charge in [-0.3, -0.25) is 14.3 Å². The van der Waals surface area contributed by atoms with Crippen LogP contribution in [0.2, 0.25) is 5.02 Å². The number of carbonyl (C=O) groups excluding carboxylic acids is 1. The lowest BCUT2D eigenvalue weighted by Gasteiger charge is -2.23. The molecule has 0 bridgehead atoms. The Kier molecular flexibility index (Phi) is 4.94. The minimum atomic E-state index is -0.101. The van der Waals surface area contributed by atoms with Gasteiger partial charge in [0.25, 0.3) is 0 Å². The molecule has 1 aliphatic rings. The van der Waals surface area contributed by atoms with Crippen LogP contribution in [0, 0.1) is 0 Å². The summed E-state index contributed by atoms with van der Waals surface area (Å²) in [4.78, 5) is 26.8. The van der Waals surface area contributed by atoms with Crippen LogP contribution in [-0.2, 0) is 17.9 Å². The third-order valence-corrected chi connectivity index (χ3v) is 5.13. The first-order valence-corrected chi connectivity index (χ1v) is 9.48. The van der Waals surface area contributed by atoms with E-state index in [-0.39, 0.29) is 11.3 Å². The number of aryl methyl sites for hydroxylation is 1. The highest BCUT2D eigenvalue weighted by molar-refractivity contribution is 6.30. The summed E-state index contributed by atoms with van der Waals surface area (Å²) in [5.74, 6) is 0.108. The van der Waals surface area contributed by atoms with Crippen molar-refractivity contribution in [1.29, 1.82) is 0 Å². The van der Waals surface area contributed by atoms with Crippen molar-refractivity contribution in [3.05, 3.63) is 75.5 Å². The van der Waals surface area contributed by atoms with Crippen molar-refractivity contribution >= 4 is 28.4 Å². The Morgan fingerprint density at radius 2 is 1.89 bits per heavy atom. The summed E-state index contributed by atoms with van der Waals surface area (Å²) in [6.45, 7) is 1.04. The second-order valence-corrected chi connectivity index (χ2v) is 7.31. The largest absolute Gasteiger partial charge is 0.335 e. The summed E-state index contributed by atoms with van der Waals surface area (Å²) >= 11 is 5.95. The first-order chi connectivity index (χ1) is 13.1. The van der Waals surface area contributed by atoms with Crippen LogP contribution in [0.3, 0.4) is 0 Å². The number of carbonyl (C=O) groups is 1. The molecule has 4 rings (SSSR count). The normalized spacial score (nSPS) is 13.7. The molecule has 0 unspecified atom stereocenters. The third kappa shape index (κ3) is 4.03. The second-order valence-electron chi connectivity index (χ2n) is 6.88. The van der Waals surface area contributed by atoms with Crippen molar-refractivity contribution in [1.82, 2.24) is 14.7 Å². The zero-order valence-electron chi connectivity index (χ0n) is 14.8. The van der Waals surface area contributed by atoms with Crippen molar-refractivity contribution in [3.63, 3.8) is 0 Å². The van der Waals surface area contributed by atoms with Crippen LogP contribution in [0.4, 0.5) is 0 Å². The van der Waals surface area contributed by atoms with Gasteiger partial charge >= 0.3 is 0 Å². The molecule has 1 aromatic heterocycles. The number of aromatic nitrogens is 2. The summed E-state index contributed by atoms with van der Waals surface area (Å²) in [7, 11) is 0. The fourth-order valence-corrected chi connectivity index (χ4v) is 3.40. The standard InChI is InChI=1S/C21H20ClN3O2/c22-16-7-5-15(6-8-16)14-24(17-9-10-17)21(27)11-12-25-19-4-2-1-3-18(19)20(26)13-23-25/h1-8,13,17H,9-12,14H2. The monoisotopic (exact) mass is 381 g/mol. The molecule has 0 N–H and O–H groups in total. The van der Waals surface area contributed by atoms with Gasteiger partial charge in [-0.05, 0) is 42.7 Å². The van der Waals surface area contributed by atoms with Gasteiger partial charge in [-0.2, -0.15) is 5.10 Å². The molecule has 2 aromatic carbocycles. The maximum Gasteiger partial charge on any atom is 0.224 e. The van der Waals surface area contributed by atoms with E-state index in [4.69, 9.17) is 11.6 Å². The van der Waals surface area contributed by atoms with E-state index in [2.05, 4.69) is 5.10 Å². The molecule has 6 heteroatoms. The van der Waals surface area contributed by atoms with Crippen LogP contribution in [-0.4, -0.2) is 26.6 Å². The van der Waals surface area contributed by atoms with Gasteiger partial charge < -0.3 is 4.90 Å². The Morgan fingerprint density at radius 1 is 1.15 bits per heavy atom. The maximum atomic E-state index is 12.9. The van der Waals surface area contributed by atoms with Gasteiger partial charge in [0.1, 0.15) is 0 Å². The molecular weight excluding hydrogens is 362 g/mol. The minimum absolute atomic E-state index is 0.101. The third-order valence-electron chi connectivity index (χ3n) is 4.87. The van der Waals surface area contributed by atoms with Crippen molar-refractivity contribution < 1.29 is 4.79 Å². The molecule has 5 nitrogen and oxygen atoms in total. The van der Waals surface area contributed by atoms with Gasteiger partial charge in [0, 0.05) is 29.4 Å². The number of rotatable bonds is 6. The zero-order valence-corrected chi connectivity index (χ0v) is 15.6. The quantitative estimate of drug-likeness (QED) is 0.655. The fraction of sp³-hybridized carbons (Fsp3) is 0.286. The topological polar surface area (TPSA) is 55.2 Å². The summed E-state index contributed by atoms with van der Waals surface area (Å²) in [6, 6.07) is 15.3. The SMILES string of the molecule is O=C(CCn1ncc(=O)c2ccccc21)N(Cc1ccc(Cl)cc1)C1CC1. The van der Waals surface area contributed by atoms with Gasteiger partial charge in [-0.25, -0.2) is 0 Å². The average molecular weight is 382 g/mol. The van der Waals surface area contributed by atoms with E-state index >= 15 is 0 Å². The number of amides is 1. The molecule has 138 valence electrons. The van der Waals surface area contributed by atoms with E-state index in [0.717, 1.165) is 23.9 Å². The summed E-state index contributed by atoms with van der Waals surface area (Å²) in [5.41, 5.74) is 1.73. The van der Waals surface area contributed by atoms with Gasteiger partial charge in [-0.1, -0.05) is 35.9 Å². The van der Waals surface area contributed by atoms with E-state index in [9.17, 15) is 9.59 Å². The van der Waals surface area contributed by atoms with Crippen LogP contribution in [0.5, 0.6) is 0 Å². The first kappa shape index (κ1) is 17.7. The number of halogens is 1. The Bertz CT molecular complexity index is 1030. The van der Waals surface area contributed by atoms with Gasteiger partial charge in [0.05, 0.1) is 18.3 Å². The Hall–Kier alpha value is -2.66. The van der Waals surface area contributed by atoms with Gasteiger partial charge in [0.2, 0.25) is 11.3 Å². The van der Waals surface area contributed by atoms with E-state index < -0.39 is 0 Å². The first-order valence-electron chi connectivity index (χ1n) is 9.10. The number of nitrogens with zero attached hydrogens (tertiary/aromatic N) is 3. The predicted octanol–water partition coefficient (Wildman–Crippen LogP) is 3.63. The Balaban J connectivity index is 1.48. The van der Waals surface area contributed by atoms with Crippen molar-refractivity contribution in [2.75, 3.05) is 0 Å². The molecule has 0 saturated heterocycles. The highest BCUT2D eigenvalue weighted by Crippen LogP contribution is 2.29. The number of benzene rings is 2. The smallest absolute Gasteiger partial charge is 0.224 e. The molecule has 27 heavy (non-hydrogen) atoms. The zero-order chi connectivity index (χ0) is 18.8. The van der Waals surface area contributed by atoms with Gasteiger partial charge in [0.15, 0.2) is 0 Å².